The molecule has 0 aromatic carbocycles. The third-order valence-corrected chi connectivity index (χ3v) is 2.88. The summed E-state index contributed by atoms with van der Waals surface area (Å²) in [6.07, 6.45) is 3.41. The van der Waals surface area contributed by atoms with Gasteiger partial charge in [-0.2, -0.15) is 5.26 Å². The first-order valence-corrected chi connectivity index (χ1v) is 6.14. The van der Waals surface area contributed by atoms with E-state index in [2.05, 4.69) is 20.3 Å². The fourth-order valence-corrected chi connectivity index (χ4v) is 1.75. The van der Waals surface area contributed by atoms with E-state index in [1.807, 2.05) is 13.0 Å². The fourth-order valence-electron chi connectivity index (χ4n) is 1.54. The predicted molar refractivity (Wildman–Crippen MR) is 71.2 cm³/mol. The van der Waals surface area contributed by atoms with Gasteiger partial charge in [0.05, 0.1) is 17.3 Å². The van der Waals surface area contributed by atoms with Gasteiger partial charge in [-0.1, -0.05) is 11.6 Å². The van der Waals surface area contributed by atoms with E-state index in [0.717, 1.165) is 11.5 Å². The first-order chi connectivity index (χ1) is 9.20. The molecular formula is C13H12ClN5. The number of rotatable bonds is 4. The van der Waals surface area contributed by atoms with Crippen molar-refractivity contribution in [2.45, 2.75) is 19.5 Å². The lowest BCUT2D eigenvalue weighted by atomic mass is 10.2. The minimum atomic E-state index is 0.0115. The Kier molecular flexibility index (Phi) is 4.39. The third kappa shape index (κ3) is 3.47. The molecule has 19 heavy (non-hydrogen) atoms. The van der Waals surface area contributed by atoms with Gasteiger partial charge >= 0.3 is 0 Å². The number of pyridine rings is 1. The summed E-state index contributed by atoms with van der Waals surface area (Å²) in [6.45, 7) is 2.51. The van der Waals surface area contributed by atoms with Crippen LogP contribution >= 0.6 is 11.6 Å². The van der Waals surface area contributed by atoms with Crippen LogP contribution < -0.4 is 5.32 Å². The van der Waals surface area contributed by atoms with Crippen molar-refractivity contribution in [3.63, 3.8) is 0 Å². The molecule has 2 aromatic heterocycles. The lowest BCUT2D eigenvalue weighted by molar-refractivity contribution is 0.540. The van der Waals surface area contributed by atoms with E-state index in [0.29, 0.717) is 12.1 Å². The molecule has 2 aromatic rings. The van der Waals surface area contributed by atoms with Gasteiger partial charge in [0, 0.05) is 18.9 Å². The third-order valence-electron chi connectivity index (χ3n) is 2.59. The molecule has 0 fully saturated rings. The summed E-state index contributed by atoms with van der Waals surface area (Å²) in [5.41, 5.74) is 1.15. The van der Waals surface area contributed by atoms with E-state index in [1.165, 1.54) is 0 Å². The summed E-state index contributed by atoms with van der Waals surface area (Å²) < 4.78 is 0. The Morgan fingerprint density at radius 3 is 2.74 bits per heavy atom. The summed E-state index contributed by atoms with van der Waals surface area (Å²) in [6, 6.07) is 7.20. The molecule has 1 N–H and O–H groups in total. The van der Waals surface area contributed by atoms with Crippen LogP contribution in [0.15, 0.2) is 30.6 Å². The number of nitrogens with one attached hydrogen (secondary N) is 1. The Balaban J connectivity index is 2.00. The molecule has 0 unspecified atom stereocenters. The van der Waals surface area contributed by atoms with Crippen LogP contribution in [0, 0.1) is 11.3 Å². The molecule has 6 heteroatoms. The Bertz CT molecular complexity index is 594. The molecule has 5 nitrogen and oxygen atoms in total. The Morgan fingerprint density at radius 2 is 2.11 bits per heavy atom. The molecule has 2 heterocycles. The van der Waals surface area contributed by atoms with Gasteiger partial charge in [-0.3, -0.25) is 0 Å². The van der Waals surface area contributed by atoms with Gasteiger partial charge in [-0.25, -0.2) is 15.0 Å². The Labute approximate surface area is 116 Å². The molecule has 0 bridgehead atoms. The Hall–Kier alpha value is -2.03. The maximum absolute atomic E-state index is 8.77. The highest BCUT2D eigenvalue weighted by molar-refractivity contribution is 6.30. The monoisotopic (exact) mass is 273 g/mol. The SMILES string of the molecule is C[C@@H](NCc1ccc(C#N)c(Cl)n1)c1ncccn1. The van der Waals surface area contributed by atoms with Crippen molar-refractivity contribution in [3.8, 4) is 6.07 Å². The van der Waals surface area contributed by atoms with Crippen molar-refractivity contribution in [1.82, 2.24) is 20.3 Å². The Morgan fingerprint density at radius 1 is 1.37 bits per heavy atom. The van der Waals surface area contributed by atoms with E-state index >= 15 is 0 Å². The number of halogens is 1. The highest BCUT2D eigenvalue weighted by Gasteiger charge is 2.08. The zero-order chi connectivity index (χ0) is 13.7. The first kappa shape index (κ1) is 13.4. The van der Waals surface area contributed by atoms with Crippen LogP contribution in [0.4, 0.5) is 0 Å². The van der Waals surface area contributed by atoms with Gasteiger partial charge in [0.2, 0.25) is 0 Å². The second-order valence-electron chi connectivity index (χ2n) is 3.96. The average Bonchev–Trinajstić information content (AvgIpc) is 2.46. The van der Waals surface area contributed by atoms with Crippen molar-refractivity contribution >= 4 is 11.6 Å². The van der Waals surface area contributed by atoms with Crippen LogP contribution in [0.5, 0.6) is 0 Å². The molecule has 2 rings (SSSR count). The summed E-state index contributed by atoms with van der Waals surface area (Å²) in [5, 5.41) is 12.2. The molecule has 0 aliphatic carbocycles. The van der Waals surface area contributed by atoms with Crippen LogP contribution in [0.3, 0.4) is 0 Å². The van der Waals surface area contributed by atoms with Gasteiger partial charge in [0.25, 0.3) is 0 Å². The average molecular weight is 274 g/mol. The largest absolute Gasteiger partial charge is 0.302 e. The molecule has 0 aliphatic rings. The predicted octanol–water partition coefficient (Wildman–Crippen LogP) is 2.25. The second kappa shape index (κ2) is 6.23. The van der Waals surface area contributed by atoms with E-state index < -0.39 is 0 Å². The first-order valence-electron chi connectivity index (χ1n) is 5.76. The number of hydrogen-bond donors (Lipinski definition) is 1. The van der Waals surface area contributed by atoms with E-state index in [4.69, 9.17) is 16.9 Å². The lowest BCUT2D eigenvalue weighted by Gasteiger charge is -2.11. The highest BCUT2D eigenvalue weighted by Crippen LogP contribution is 2.13. The van der Waals surface area contributed by atoms with Gasteiger partial charge in [-0.15, -0.1) is 0 Å². The van der Waals surface area contributed by atoms with Crippen molar-refractivity contribution < 1.29 is 0 Å². The van der Waals surface area contributed by atoms with Gasteiger partial charge < -0.3 is 5.32 Å². The second-order valence-corrected chi connectivity index (χ2v) is 4.32. The number of aromatic nitrogens is 3. The molecule has 0 spiro atoms. The molecule has 96 valence electrons. The molecule has 0 amide bonds. The van der Waals surface area contributed by atoms with Crippen LogP contribution in [-0.2, 0) is 6.54 Å². The van der Waals surface area contributed by atoms with Crippen LogP contribution in [0.2, 0.25) is 5.15 Å². The fraction of sp³-hybridized carbons (Fsp3) is 0.231. The topological polar surface area (TPSA) is 74.5 Å². The van der Waals surface area contributed by atoms with Crippen molar-refractivity contribution in [1.29, 1.82) is 5.26 Å². The van der Waals surface area contributed by atoms with E-state index in [9.17, 15) is 0 Å². The highest BCUT2D eigenvalue weighted by atomic mass is 35.5. The minimum Gasteiger partial charge on any atom is -0.302 e. The minimum absolute atomic E-state index is 0.0115. The summed E-state index contributed by atoms with van der Waals surface area (Å²) in [7, 11) is 0. The number of nitriles is 1. The molecule has 0 radical (unpaired) electrons. The molecule has 0 saturated heterocycles. The van der Waals surface area contributed by atoms with Crippen molar-refractivity contribution in [2.24, 2.45) is 0 Å². The number of nitrogens with zero attached hydrogens (tertiary/aromatic N) is 4. The normalized spacial score (nSPS) is 11.8. The van der Waals surface area contributed by atoms with E-state index in [-0.39, 0.29) is 11.2 Å². The summed E-state index contributed by atoms with van der Waals surface area (Å²) >= 11 is 5.88. The maximum Gasteiger partial charge on any atom is 0.147 e. The maximum atomic E-state index is 8.77. The standard InChI is InChI=1S/C13H12ClN5/c1-9(13-16-5-2-6-17-13)18-8-11-4-3-10(7-15)12(14)19-11/h2-6,9,18H,8H2,1H3/t9-/m1/s1. The van der Waals surface area contributed by atoms with Gasteiger partial charge in [0.1, 0.15) is 17.0 Å². The van der Waals surface area contributed by atoms with Gasteiger partial charge in [0.15, 0.2) is 0 Å². The smallest absolute Gasteiger partial charge is 0.147 e. The zero-order valence-corrected chi connectivity index (χ0v) is 11.1. The molecule has 0 aliphatic heterocycles. The zero-order valence-electron chi connectivity index (χ0n) is 10.3. The van der Waals surface area contributed by atoms with Gasteiger partial charge in [-0.05, 0) is 25.1 Å². The van der Waals surface area contributed by atoms with Crippen molar-refractivity contribution in [2.75, 3.05) is 0 Å². The van der Waals surface area contributed by atoms with Crippen LogP contribution in [-0.4, -0.2) is 15.0 Å². The molecule has 0 saturated carbocycles. The lowest BCUT2D eigenvalue weighted by Crippen LogP contribution is -2.20. The van der Waals surface area contributed by atoms with Crippen LogP contribution in [0.25, 0.3) is 0 Å². The quantitative estimate of drug-likeness (QED) is 0.865. The molecular weight excluding hydrogens is 262 g/mol. The van der Waals surface area contributed by atoms with Crippen molar-refractivity contribution in [3.05, 3.63) is 52.8 Å². The summed E-state index contributed by atoms with van der Waals surface area (Å²) in [5.74, 6) is 0.724. The van der Waals surface area contributed by atoms with Crippen LogP contribution in [0.1, 0.15) is 30.0 Å². The number of hydrogen-bond acceptors (Lipinski definition) is 5. The molecule has 1 atom stereocenters. The summed E-state index contributed by atoms with van der Waals surface area (Å²) in [4.78, 5) is 12.5. The van der Waals surface area contributed by atoms with E-state index in [1.54, 1.807) is 30.6 Å².